The van der Waals surface area contributed by atoms with Gasteiger partial charge < -0.3 is 29.7 Å². The van der Waals surface area contributed by atoms with Gasteiger partial charge >= 0.3 is 0 Å². The van der Waals surface area contributed by atoms with E-state index in [4.69, 9.17) is 26.4 Å². The Morgan fingerprint density at radius 3 is 2.18 bits per heavy atom. The molecule has 8 heteroatoms. The molecule has 1 aromatic carbocycles. The third kappa shape index (κ3) is 6.65. The summed E-state index contributed by atoms with van der Waals surface area (Å²) in [6.07, 6.45) is 9.26. The summed E-state index contributed by atoms with van der Waals surface area (Å²) in [6, 6.07) is 4.55. The van der Waals surface area contributed by atoms with Gasteiger partial charge in [0.05, 0.1) is 27.9 Å². The van der Waals surface area contributed by atoms with Gasteiger partial charge in [0.15, 0.2) is 16.6 Å². The molecule has 0 aliphatic heterocycles. The molecule has 0 bridgehead atoms. The zero-order valence-electron chi connectivity index (χ0n) is 20.4. The van der Waals surface area contributed by atoms with Gasteiger partial charge in [0, 0.05) is 18.6 Å². The Kier molecular flexibility index (Phi) is 9.47. The highest BCUT2D eigenvalue weighted by molar-refractivity contribution is 7.80. The number of ether oxygens (including phenoxy) is 3. The summed E-state index contributed by atoms with van der Waals surface area (Å²) in [5, 5.41) is 7.03. The number of rotatable bonds is 9. The summed E-state index contributed by atoms with van der Waals surface area (Å²) in [7, 11) is 4.84. The predicted octanol–water partition coefficient (Wildman–Crippen LogP) is 4.03. The SMILES string of the molecule is COc1cc(CN(C(=S)NCC(=O)NC2CCCCC2C)C2CCCC2)cc(OC)c1OC. The van der Waals surface area contributed by atoms with Gasteiger partial charge in [0.2, 0.25) is 11.7 Å². The number of thiocarbonyl (C=S) groups is 1. The molecular formula is C25H39N3O4S. The minimum absolute atomic E-state index is 0.00950. The van der Waals surface area contributed by atoms with Crippen molar-refractivity contribution in [2.24, 2.45) is 5.92 Å². The fourth-order valence-corrected chi connectivity index (χ4v) is 5.34. The molecule has 0 radical (unpaired) electrons. The molecule has 2 unspecified atom stereocenters. The molecule has 184 valence electrons. The molecule has 2 aliphatic carbocycles. The van der Waals surface area contributed by atoms with E-state index in [-0.39, 0.29) is 18.5 Å². The zero-order chi connectivity index (χ0) is 23.8. The van der Waals surface area contributed by atoms with Gasteiger partial charge in [-0.15, -0.1) is 0 Å². The van der Waals surface area contributed by atoms with Crippen molar-refractivity contribution in [3.05, 3.63) is 17.7 Å². The number of carbonyl (C=O) groups is 1. The number of hydrogen-bond donors (Lipinski definition) is 2. The number of hydrogen-bond acceptors (Lipinski definition) is 5. The second kappa shape index (κ2) is 12.3. The second-order valence-electron chi connectivity index (χ2n) is 9.19. The monoisotopic (exact) mass is 477 g/mol. The van der Waals surface area contributed by atoms with Gasteiger partial charge in [-0.05, 0) is 61.5 Å². The standard InChI is InChI=1S/C25H39N3O4S/c1-17-9-5-8-12-20(17)27-23(29)15-26-25(33)28(19-10-6-7-11-19)16-18-13-21(30-2)24(32-4)22(14-18)31-3/h13-14,17,19-20H,5-12,15-16H2,1-4H3,(H,26,33)(H,27,29). The Morgan fingerprint density at radius 2 is 1.61 bits per heavy atom. The summed E-state index contributed by atoms with van der Waals surface area (Å²) < 4.78 is 16.5. The van der Waals surface area contributed by atoms with Crippen LogP contribution in [-0.4, -0.2) is 55.9 Å². The normalized spacial score (nSPS) is 20.7. The smallest absolute Gasteiger partial charge is 0.239 e. The van der Waals surface area contributed by atoms with E-state index in [0.29, 0.717) is 40.9 Å². The van der Waals surface area contributed by atoms with Crippen molar-refractivity contribution in [2.75, 3.05) is 27.9 Å². The van der Waals surface area contributed by atoms with Crippen molar-refractivity contribution >= 4 is 23.2 Å². The summed E-state index contributed by atoms with van der Waals surface area (Å²) in [5.74, 6) is 2.36. The number of benzene rings is 1. The van der Waals surface area contributed by atoms with Gasteiger partial charge in [-0.2, -0.15) is 0 Å². The highest BCUT2D eigenvalue weighted by Gasteiger charge is 2.27. The third-order valence-electron chi connectivity index (χ3n) is 6.96. The summed E-state index contributed by atoms with van der Waals surface area (Å²) in [5.41, 5.74) is 1.01. The van der Waals surface area contributed by atoms with E-state index in [1.54, 1.807) is 21.3 Å². The van der Waals surface area contributed by atoms with Crippen molar-refractivity contribution in [3.63, 3.8) is 0 Å². The molecule has 33 heavy (non-hydrogen) atoms. The van der Waals surface area contributed by atoms with E-state index in [2.05, 4.69) is 22.5 Å². The molecule has 3 rings (SSSR count). The first-order valence-corrected chi connectivity index (χ1v) is 12.5. The first kappa shape index (κ1) is 25.4. The zero-order valence-corrected chi connectivity index (χ0v) is 21.3. The number of methoxy groups -OCH3 is 3. The van der Waals surface area contributed by atoms with E-state index in [1.165, 1.54) is 32.1 Å². The lowest BCUT2D eigenvalue weighted by Gasteiger charge is -2.33. The minimum atomic E-state index is 0.00950. The van der Waals surface area contributed by atoms with Crippen LogP contribution in [0.25, 0.3) is 0 Å². The van der Waals surface area contributed by atoms with Crippen LogP contribution in [0.15, 0.2) is 12.1 Å². The average Bonchev–Trinajstić information content (AvgIpc) is 3.36. The van der Waals surface area contributed by atoms with E-state index in [0.717, 1.165) is 24.8 Å². The molecular weight excluding hydrogens is 438 g/mol. The molecule has 2 atom stereocenters. The average molecular weight is 478 g/mol. The molecule has 2 aliphatic rings. The Bertz CT molecular complexity index is 788. The molecule has 2 N–H and O–H groups in total. The molecule has 1 aromatic rings. The number of nitrogens with zero attached hydrogens (tertiary/aromatic N) is 1. The van der Waals surface area contributed by atoms with Crippen molar-refractivity contribution in [1.29, 1.82) is 0 Å². The highest BCUT2D eigenvalue weighted by Crippen LogP contribution is 2.39. The van der Waals surface area contributed by atoms with Crippen molar-refractivity contribution < 1.29 is 19.0 Å². The van der Waals surface area contributed by atoms with E-state index < -0.39 is 0 Å². The van der Waals surface area contributed by atoms with Crippen LogP contribution in [0.2, 0.25) is 0 Å². The molecule has 7 nitrogen and oxygen atoms in total. The Morgan fingerprint density at radius 1 is 1.00 bits per heavy atom. The van der Waals surface area contributed by atoms with Crippen LogP contribution in [0.4, 0.5) is 0 Å². The number of carbonyl (C=O) groups excluding carboxylic acids is 1. The summed E-state index contributed by atoms with van der Waals surface area (Å²) >= 11 is 5.78. The van der Waals surface area contributed by atoms with Crippen molar-refractivity contribution in [1.82, 2.24) is 15.5 Å². The highest BCUT2D eigenvalue weighted by atomic mass is 32.1. The van der Waals surface area contributed by atoms with Crippen molar-refractivity contribution in [2.45, 2.75) is 76.9 Å². The predicted molar refractivity (Wildman–Crippen MR) is 134 cm³/mol. The lowest BCUT2D eigenvalue weighted by molar-refractivity contribution is -0.121. The fourth-order valence-electron chi connectivity index (χ4n) is 5.05. The Hall–Kier alpha value is -2.22. The van der Waals surface area contributed by atoms with Crippen LogP contribution < -0.4 is 24.8 Å². The largest absolute Gasteiger partial charge is 0.493 e. The van der Waals surface area contributed by atoms with Gasteiger partial charge in [0.25, 0.3) is 0 Å². The lowest BCUT2D eigenvalue weighted by atomic mass is 9.86. The maximum absolute atomic E-state index is 12.6. The molecule has 0 saturated heterocycles. The van der Waals surface area contributed by atoms with Crippen LogP contribution in [0.5, 0.6) is 17.2 Å². The first-order chi connectivity index (χ1) is 16.0. The number of nitrogens with one attached hydrogen (secondary N) is 2. The van der Waals surface area contributed by atoms with E-state index >= 15 is 0 Å². The van der Waals surface area contributed by atoms with Crippen LogP contribution in [-0.2, 0) is 11.3 Å². The van der Waals surface area contributed by atoms with Gasteiger partial charge in [0.1, 0.15) is 0 Å². The topological polar surface area (TPSA) is 72.1 Å². The molecule has 1 amide bonds. The van der Waals surface area contributed by atoms with Gasteiger partial charge in [-0.3, -0.25) is 4.79 Å². The summed E-state index contributed by atoms with van der Waals surface area (Å²) in [6.45, 7) is 3.02. The van der Waals surface area contributed by atoms with Crippen LogP contribution in [0.1, 0.15) is 63.9 Å². The van der Waals surface area contributed by atoms with Crippen LogP contribution in [0, 0.1) is 5.92 Å². The molecule has 0 aromatic heterocycles. The summed E-state index contributed by atoms with van der Waals surface area (Å²) in [4.78, 5) is 14.8. The maximum Gasteiger partial charge on any atom is 0.239 e. The fraction of sp³-hybridized carbons (Fsp3) is 0.680. The number of amides is 1. The van der Waals surface area contributed by atoms with E-state index in [9.17, 15) is 4.79 Å². The Balaban J connectivity index is 1.67. The maximum atomic E-state index is 12.6. The molecule has 2 fully saturated rings. The Labute approximate surface area is 203 Å². The molecule has 0 spiro atoms. The second-order valence-corrected chi connectivity index (χ2v) is 9.58. The minimum Gasteiger partial charge on any atom is -0.493 e. The van der Waals surface area contributed by atoms with E-state index in [1.807, 2.05) is 12.1 Å². The molecule has 0 heterocycles. The molecule has 2 saturated carbocycles. The van der Waals surface area contributed by atoms with Crippen LogP contribution in [0.3, 0.4) is 0 Å². The van der Waals surface area contributed by atoms with Gasteiger partial charge in [-0.1, -0.05) is 32.6 Å². The van der Waals surface area contributed by atoms with Crippen LogP contribution >= 0.6 is 12.2 Å². The van der Waals surface area contributed by atoms with Crippen molar-refractivity contribution in [3.8, 4) is 17.2 Å². The van der Waals surface area contributed by atoms with Gasteiger partial charge in [-0.25, -0.2) is 0 Å². The quantitative estimate of drug-likeness (QED) is 0.521. The lowest BCUT2D eigenvalue weighted by Crippen LogP contribution is -2.49. The third-order valence-corrected chi connectivity index (χ3v) is 7.34. The first-order valence-electron chi connectivity index (χ1n) is 12.1.